The molecule has 0 aliphatic heterocycles. The molecule has 5 nitrogen and oxygen atoms in total. The van der Waals surface area contributed by atoms with E-state index in [1.54, 1.807) is 16.8 Å². The zero-order chi connectivity index (χ0) is 16.8. The molecule has 1 aromatic heterocycles. The van der Waals surface area contributed by atoms with Crippen LogP contribution in [0.2, 0.25) is 0 Å². The van der Waals surface area contributed by atoms with Crippen molar-refractivity contribution in [2.75, 3.05) is 20.1 Å². The van der Waals surface area contributed by atoms with Crippen molar-refractivity contribution in [2.24, 2.45) is 7.05 Å². The predicted octanol–water partition coefficient (Wildman–Crippen LogP) is 2.57. The van der Waals surface area contributed by atoms with Crippen LogP contribution in [0, 0.1) is 5.82 Å². The van der Waals surface area contributed by atoms with Gasteiger partial charge < -0.3 is 10.0 Å². The van der Waals surface area contributed by atoms with E-state index in [4.69, 9.17) is 5.11 Å². The molecule has 0 radical (unpaired) electrons. The van der Waals surface area contributed by atoms with Gasteiger partial charge in [-0.2, -0.15) is 5.10 Å². The van der Waals surface area contributed by atoms with Crippen molar-refractivity contribution in [3.8, 4) is 11.3 Å². The molecule has 1 aromatic carbocycles. The van der Waals surface area contributed by atoms with Crippen LogP contribution in [0.15, 0.2) is 30.3 Å². The molecule has 124 valence electrons. The molecule has 0 unspecified atom stereocenters. The van der Waals surface area contributed by atoms with E-state index in [0.29, 0.717) is 6.54 Å². The maximum atomic E-state index is 13.0. The Balaban J connectivity index is 1.89. The van der Waals surface area contributed by atoms with Gasteiger partial charge in [0.25, 0.3) is 0 Å². The molecule has 2 aromatic rings. The van der Waals surface area contributed by atoms with Crippen molar-refractivity contribution >= 4 is 5.97 Å². The van der Waals surface area contributed by atoms with Crippen LogP contribution in [-0.2, 0) is 18.3 Å². The van der Waals surface area contributed by atoms with Crippen molar-refractivity contribution in [3.63, 3.8) is 0 Å². The number of halogens is 1. The number of benzene rings is 1. The lowest BCUT2D eigenvalue weighted by atomic mass is 10.1. The summed E-state index contributed by atoms with van der Waals surface area (Å²) in [5.74, 6) is -1.02. The van der Waals surface area contributed by atoms with Crippen LogP contribution in [0.5, 0.6) is 0 Å². The normalized spacial score (nSPS) is 11.1. The summed E-state index contributed by atoms with van der Waals surface area (Å²) in [6.45, 7) is 1.38. The summed E-state index contributed by atoms with van der Waals surface area (Å²) in [5, 5.41) is 13.2. The van der Waals surface area contributed by atoms with Crippen molar-refractivity contribution in [3.05, 3.63) is 41.8 Å². The second-order valence-corrected chi connectivity index (χ2v) is 5.70. The molecule has 0 bridgehead atoms. The number of aromatic nitrogens is 2. The molecule has 0 spiro atoms. The fourth-order valence-electron chi connectivity index (χ4n) is 2.47. The summed E-state index contributed by atoms with van der Waals surface area (Å²) in [6.07, 6.45) is 1.90. The van der Waals surface area contributed by atoms with Crippen LogP contribution < -0.4 is 0 Å². The molecule has 23 heavy (non-hydrogen) atoms. The summed E-state index contributed by atoms with van der Waals surface area (Å²) in [6, 6.07) is 8.40. The van der Waals surface area contributed by atoms with Gasteiger partial charge in [0.05, 0.1) is 17.8 Å². The summed E-state index contributed by atoms with van der Waals surface area (Å²) in [4.78, 5) is 12.5. The number of carboxylic acid groups (broad SMARTS) is 1. The van der Waals surface area contributed by atoms with Gasteiger partial charge in [-0.15, -0.1) is 0 Å². The van der Waals surface area contributed by atoms with Crippen LogP contribution in [0.1, 0.15) is 18.5 Å². The first-order chi connectivity index (χ1) is 11.0. The van der Waals surface area contributed by atoms with Gasteiger partial charge in [-0.25, -0.2) is 4.39 Å². The number of nitrogens with zero attached hydrogens (tertiary/aromatic N) is 3. The third kappa shape index (κ3) is 5.17. The molecule has 0 saturated carbocycles. The molecule has 6 heteroatoms. The van der Waals surface area contributed by atoms with Gasteiger partial charge in [0, 0.05) is 13.6 Å². The van der Waals surface area contributed by atoms with E-state index in [0.717, 1.165) is 36.3 Å². The smallest absolute Gasteiger partial charge is 0.304 e. The SMILES string of the molecule is CN(CCCc1cc(-c2ccc(F)cc2)n(C)n1)CCC(=O)O. The molecule has 1 N–H and O–H groups in total. The highest BCUT2D eigenvalue weighted by Crippen LogP contribution is 2.20. The maximum absolute atomic E-state index is 13.0. The van der Waals surface area contributed by atoms with Crippen LogP contribution in [0.4, 0.5) is 4.39 Å². The van der Waals surface area contributed by atoms with E-state index in [-0.39, 0.29) is 12.2 Å². The summed E-state index contributed by atoms with van der Waals surface area (Å²) < 4.78 is 14.8. The lowest BCUT2D eigenvalue weighted by molar-refractivity contribution is -0.137. The molecule has 0 fully saturated rings. The first-order valence-corrected chi connectivity index (χ1v) is 7.65. The first kappa shape index (κ1) is 17.1. The standard InChI is InChI=1S/C17H22FN3O2/c1-20(11-9-17(22)23)10-3-4-15-12-16(21(2)19-15)13-5-7-14(18)8-6-13/h5-8,12H,3-4,9-11H2,1-2H3,(H,22,23). The average Bonchev–Trinajstić information content (AvgIpc) is 2.87. The van der Waals surface area contributed by atoms with Gasteiger partial charge in [0.1, 0.15) is 5.82 Å². The van der Waals surface area contributed by atoms with Gasteiger partial charge in [0.2, 0.25) is 0 Å². The Labute approximate surface area is 135 Å². The number of aryl methyl sites for hydroxylation is 2. The highest BCUT2D eigenvalue weighted by molar-refractivity contribution is 5.66. The zero-order valence-electron chi connectivity index (χ0n) is 13.5. The van der Waals surface area contributed by atoms with Crippen LogP contribution >= 0.6 is 0 Å². The average molecular weight is 319 g/mol. The van der Waals surface area contributed by atoms with Crippen molar-refractivity contribution in [1.29, 1.82) is 0 Å². The number of hydrogen-bond acceptors (Lipinski definition) is 3. The van der Waals surface area contributed by atoms with E-state index in [9.17, 15) is 9.18 Å². The van der Waals surface area contributed by atoms with E-state index in [1.165, 1.54) is 12.1 Å². The van der Waals surface area contributed by atoms with Gasteiger partial charge in [-0.3, -0.25) is 9.48 Å². The Bertz CT molecular complexity index is 652. The largest absolute Gasteiger partial charge is 0.481 e. The first-order valence-electron chi connectivity index (χ1n) is 7.65. The van der Waals surface area contributed by atoms with Crippen LogP contribution in [-0.4, -0.2) is 45.9 Å². The number of aliphatic carboxylic acids is 1. The quantitative estimate of drug-likeness (QED) is 0.812. The Morgan fingerprint density at radius 2 is 2.00 bits per heavy atom. The molecule has 1 heterocycles. The Hall–Kier alpha value is -2.21. The number of rotatable bonds is 8. The van der Waals surface area contributed by atoms with Crippen molar-refractivity contribution in [1.82, 2.24) is 14.7 Å². The summed E-state index contributed by atoms with van der Waals surface area (Å²) >= 11 is 0. The lowest BCUT2D eigenvalue weighted by Gasteiger charge is -2.14. The van der Waals surface area contributed by atoms with Crippen LogP contribution in [0.3, 0.4) is 0 Å². The molecule has 0 amide bonds. The van der Waals surface area contributed by atoms with Gasteiger partial charge >= 0.3 is 5.97 Å². The number of hydrogen-bond donors (Lipinski definition) is 1. The minimum Gasteiger partial charge on any atom is -0.481 e. The highest BCUT2D eigenvalue weighted by Gasteiger charge is 2.08. The van der Waals surface area contributed by atoms with E-state index in [2.05, 4.69) is 5.10 Å². The van der Waals surface area contributed by atoms with Gasteiger partial charge in [0.15, 0.2) is 0 Å². The van der Waals surface area contributed by atoms with E-state index in [1.807, 2.05) is 25.1 Å². The molecule has 0 saturated heterocycles. The summed E-state index contributed by atoms with van der Waals surface area (Å²) in [5.41, 5.74) is 2.88. The molecule has 0 aliphatic rings. The van der Waals surface area contributed by atoms with Gasteiger partial charge in [-0.05, 0) is 62.3 Å². The third-order valence-electron chi connectivity index (χ3n) is 3.75. The minimum atomic E-state index is -0.773. The molecule has 0 aliphatic carbocycles. The van der Waals surface area contributed by atoms with Crippen molar-refractivity contribution < 1.29 is 14.3 Å². The summed E-state index contributed by atoms with van der Waals surface area (Å²) in [7, 11) is 3.80. The Morgan fingerprint density at radius 3 is 2.65 bits per heavy atom. The highest BCUT2D eigenvalue weighted by atomic mass is 19.1. The monoisotopic (exact) mass is 319 g/mol. The molecular formula is C17H22FN3O2. The maximum Gasteiger partial charge on any atom is 0.304 e. The second-order valence-electron chi connectivity index (χ2n) is 5.70. The number of carboxylic acids is 1. The molecule has 2 rings (SSSR count). The minimum absolute atomic E-state index is 0.162. The Kier molecular flexibility index (Phi) is 5.87. The molecular weight excluding hydrogens is 297 g/mol. The topological polar surface area (TPSA) is 58.4 Å². The van der Waals surface area contributed by atoms with Crippen molar-refractivity contribution in [2.45, 2.75) is 19.3 Å². The van der Waals surface area contributed by atoms with Gasteiger partial charge in [-0.1, -0.05) is 0 Å². The Morgan fingerprint density at radius 1 is 1.30 bits per heavy atom. The third-order valence-corrected chi connectivity index (χ3v) is 3.75. The zero-order valence-corrected chi connectivity index (χ0v) is 13.5. The van der Waals surface area contributed by atoms with E-state index < -0.39 is 5.97 Å². The fraction of sp³-hybridized carbons (Fsp3) is 0.412. The number of carbonyl (C=O) groups is 1. The lowest BCUT2D eigenvalue weighted by Crippen LogP contribution is -2.23. The fourth-order valence-corrected chi connectivity index (χ4v) is 2.47. The van der Waals surface area contributed by atoms with Crippen LogP contribution in [0.25, 0.3) is 11.3 Å². The predicted molar refractivity (Wildman–Crippen MR) is 86.7 cm³/mol. The van der Waals surface area contributed by atoms with E-state index >= 15 is 0 Å². The second kappa shape index (κ2) is 7.87. The molecule has 0 atom stereocenters.